The summed E-state index contributed by atoms with van der Waals surface area (Å²) in [6.07, 6.45) is 10.3. The first-order valence-corrected chi connectivity index (χ1v) is 19.9. The molecule has 2 aliphatic carbocycles. The van der Waals surface area contributed by atoms with Gasteiger partial charge in [0.2, 0.25) is 0 Å². The number of allylic oxidation sites excluding steroid dienone is 4. The van der Waals surface area contributed by atoms with Gasteiger partial charge in [0.1, 0.15) is 0 Å². The molecule has 229 valence electrons. The molecular weight excluding hydrogens is 620 g/mol. The first-order valence-electron chi connectivity index (χ1n) is 17.3. The van der Waals surface area contributed by atoms with Gasteiger partial charge in [-0.2, -0.15) is 0 Å². The van der Waals surface area contributed by atoms with E-state index in [1.165, 1.54) is 22.3 Å². The fourth-order valence-corrected chi connectivity index (χ4v) is 12.3. The molecule has 0 amide bonds. The molecule has 4 aromatic rings. The van der Waals surface area contributed by atoms with E-state index in [9.17, 15) is 0 Å². The molecule has 0 bridgehead atoms. The van der Waals surface area contributed by atoms with Crippen molar-refractivity contribution in [1.29, 1.82) is 0 Å². The van der Waals surface area contributed by atoms with Crippen molar-refractivity contribution < 1.29 is 22.8 Å². The van der Waals surface area contributed by atoms with Gasteiger partial charge in [0.15, 0.2) is 0 Å². The molecule has 45 heavy (non-hydrogen) atoms. The van der Waals surface area contributed by atoms with Crippen LogP contribution in [0.25, 0.3) is 16.7 Å². The molecule has 0 heterocycles. The van der Waals surface area contributed by atoms with E-state index >= 15 is 0 Å². The number of hydrogen-bond acceptors (Lipinski definition) is 0. The Labute approximate surface area is 283 Å². The zero-order chi connectivity index (χ0) is 31.8. The number of aryl methyl sites for hydroxylation is 1. The average Bonchev–Trinajstić information content (AvgIpc) is 3.69. The first-order chi connectivity index (χ1) is 21.8. The normalized spacial score (nSPS) is 15.1. The summed E-state index contributed by atoms with van der Waals surface area (Å²) >= 11 is -1.26. The van der Waals surface area contributed by atoms with Crippen LogP contribution in [0.15, 0.2) is 91.0 Å². The second-order valence-electron chi connectivity index (χ2n) is 13.8. The molecule has 1 atom stereocenters. The van der Waals surface area contributed by atoms with Gasteiger partial charge in [-0.15, -0.1) is 0 Å². The fourth-order valence-electron chi connectivity index (χ4n) is 7.97. The summed E-state index contributed by atoms with van der Waals surface area (Å²) in [4.78, 5) is 0. The Bertz CT molecular complexity index is 1750. The molecule has 0 saturated heterocycles. The van der Waals surface area contributed by atoms with E-state index in [4.69, 9.17) is 0 Å². The van der Waals surface area contributed by atoms with Crippen LogP contribution in [-0.4, -0.2) is 3.21 Å². The topological polar surface area (TPSA) is 0 Å². The van der Waals surface area contributed by atoms with E-state index in [1.54, 1.807) is 53.3 Å². The summed E-state index contributed by atoms with van der Waals surface area (Å²) < 4.78 is 2.07. The van der Waals surface area contributed by atoms with Crippen LogP contribution in [0.4, 0.5) is 0 Å². The molecule has 0 fully saturated rings. The monoisotopic (exact) mass is 667 g/mol. The van der Waals surface area contributed by atoms with Crippen LogP contribution in [0.2, 0.25) is 0 Å². The van der Waals surface area contributed by atoms with Crippen LogP contribution in [0, 0.1) is 0 Å². The maximum absolute atomic E-state index is 2.64. The number of fused-ring (bicyclic) bond motifs is 3. The summed E-state index contributed by atoms with van der Waals surface area (Å²) in [5, 5.41) is 0. The molecule has 4 aromatic carbocycles. The van der Waals surface area contributed by atoms with Crippen molar-refractivity contribution in [2.45, 2.75) is 96.0 Å². The van der Waals surface area contributed by atoms with Crippen molar-refractivity contribution in [1.82, 2.24) is 0 Å². The van der Waals surface area contributed by atoms with Crippen LogP contribution in [-0.2, 0) is 35.6 Å². The molecule has 2 aliphatic rings. The Hall–Kier alpha value is -2.89. The van der Waals surface area contributed by atoms with E-state index < -0.39 is 22.8 Å². The predicted molar refractivity (Wildman–Crippen MR) is 193 cm³/mol. The molecule has 6 rings (SSSR count). The standard InChI is InChI=1S/C31H39.C13H10.Zr/c1-9-21-15-23-17-26-29(22-13-11-12-14-22)24(10-2)27(19(5)6)28(20(7)8)31(26)30(23)25(16-21)18(3)4;1-3-7-12(8-4-1)11-13-9-5-2-6-10-13;/h11-13,15-20H,9-10,14H2,1-8H3;1-10H;. The van der Waals surface area contributed by atoms with E-state index in [0.717, 1.165) is 19.3 Å². The molecule has 1 unspecified atom stereocenters. The van der Waals surface area contributed by atoms with Gasteiger partial charge in [0.05, 0.1) is 0 Å². The minimum atomic E-state index is -1.26. The fraction of sp³-hybridized carbons (Fsp3) is 0.341. The molecular formula is C44H49Zr. The summed E-state index contributed by atoms with van der Waals surface area (Å²) in [5.41, 5.74) is 20.3. The Morgan fingerprint density at radius 2 is 1.33 bits per heavy atom. The Balaban J connectivity index is 1.83. The number of rotatable bonds is 9. The molecule has 0 N–H and O–H groups in total. The van der Waals surface area contributed by atoms with Crippen LogP contribution >= 0.6 is 0 Å². The first kappa shape index (κ1) is 32.1. The number of hydrogen-bond donors (Lipinski definition) is 0. The second kappa shape index (κ2) is 13.5. The Morgan fingerprint density at radius 3 is 1.82 bits per heavy atom. The third kappa shape index (κ3) is 5.80. The van der Waals surface area contributed by atoms with Gasteiger partial charge in [0.25, 0.3) is 0 Å². The second-order valence-corrected chi connectivity index (χ2v) is 17.2. The molecule has 0 aromatic heterocycles. The summed E-state index contributed by atoms with van der Waals surface area (Å²) in [6, 6.07) is 27.8. The van der Waals surface area contributed by atoms with Gasteiger partial charge in [0, 0.05) is 0 Å². The van der Waals surface area contributed by atoms with Crippen LogP contribution in [0.1, 0.15) is 139 Å². The van der Waals surface area contributed by atoms with E-state index in [0.29, 0.717) is 21.4 Å². The molecule has 1 heteroatoms. The van der Waals surface area contributed by atoms with Crippen molar-refractivity contribution >= 4 is 8.78 Å². The van der Waals surface area contributed by atoms with Crippen molar-refractivity contribution in [2.24, 2.45) is 0 Å². The molecule has 0 aliphatic heterocycles. The van der Waals surface area contributed by atoms with Gasteiger partial charge < -0.3 is 0 Å². The third-order valence-corrected chi connectivity index (χ3v) is 14.2. The van der Waals surface area contributed by atoms with E-state index in [2.05, 4.69) is 146 Å². The number of benzene rings is 4. The average molecular weight is 669 g/mol. The summed E-state index contributed by atoms with van der Waals surface area (Å²) in [6.45, 7) is 19.3. The Morgan fingerprint density at radius 1 is 0.711 bits per heavy atom. The van der Waals surface area contributed by atoms with Crippen molar-refractivity contribution in [3.63, 3.8) is 0 Å². The van der Waals surface area contributed by atoms with E-state index in [1.807, 2.05) is 0 Å². The van der Waals surface area contributed by atoms with Crippen LogP contribution in [0.5, 0.6) is 0 Å². The Kier molecular flexibility index (Phi) is 9.59. The van der Waals surface area contributed by atoms with Gasteiger partial charge >= 0.3 is 285 Å². The van der Waals surface area contributed by atoms with Gasteiger partial charge in [-0.25, -0.2) is 0 Å². The molecule has 0 radical (unpaired) electrons. The van der Waals surface area contributed by atoms with Crippen molar-refractivity contribution in [3.8, 4) is 11.1 Å². The maximum atomic E-state index is 2.64. The third-order valence-electron chi connectivity index (χ3n) is 9.88. The van der Waals surface area contributed by atoms with Gasteiger partial charge in [-0.3, -0.25) is 0 Å². The predicted octanol–water partition coefficient (Wildman–Crippen LogP) is 11.9. The summed E-state index contributed by atoms with van der Waals surface area (Å²) in [5.74, 6) is 1.41. The summed E-state index contributed by atoms with van der Waals surface area (Å²) in [7, 11) is 0. The minimum absolute atomic E-state index is 0.457. The van der Waals surface area contributed by atoms with Gasteiger partial charge in [-0.05, 0) is 0 Å². The van der Waals surface area contributed by atoms with E-state index in [-0.39, 0.29) is 0 Å². The van der Waals surface area contributed by atoms with Crippen LogP contribution < -0.4 is 0 Å². The van der Waals surface area contributed by atoms with Crippen molar-refractivity contribution in [3.05, 3.63) is 147 Å². The molecule has 0 saturated carbocycles. The quantitative estimate of drug-likeness (QED) is 0.166. The zero-order valence-corrected chi connectivity index (χ0v) is 31.0. The zero-order valence-electron chi connectivity index (χ0n) is 28.6. The van der Waals surface area contributed by atoms with Gasteiger partial charge in [-0.1, -0.05) is 0 Å². The molecule has 0 nitrogen and oxygen atoms in total. The molecule has 0 spiro atoms. The van der Waals surface area contributed by atoms with Crippen LogP contribution in [0.3, 0.4) is 0 Å². The van der Waals surface area contributed by atoms with Crippen molar-refractivity contribution in [2.75, 3.05) is 0 Å². The SMILES string of the molecule is CCc1cc(C(C)C)c2c(c1)[CH]([Zr]=[C](c1ccccc1)c1ccccc1)c1c(C3=CC=CC3)c(CC)c(C(C)C)c(C(C)C)c1-2.